The molecule has 3 rings (SSSR count). The highest BCUT2D eigenvalue weighted by atomic mass is 19.1. The highest BCUT2D eigenvalue weighted by molar-refractivity contribution is 5.62. The van der Waals surface area contributed by atoms with Crippen LogP contribution in [0.15, 0.2) is 48.5 Å². The third-order valence-electron chi connectivity index (χ3n) is 2.93. The predicted molar refractivity (Wildman–Crippen MR) is 73.8 cm³/mol. The summed E-state index contributed by atoms with van der Waals surface area (Å²) in [6, 6.07) is 13.6. The number of H-pyrrole nitrogens is 1. The molecule has 0 spiro atoms. The van der Waals surface area contributed by atoms with Crippen molar-refractivity contribution in [3.05, 3.63) is 54.3 Å². The molecule has 0 saturated heterocycles. The van der Waals surface area contributed by atoms with Crippen LogP contribution >= 0.6 is 0 Å². The molecule has 0 saturated carbocycles. The first kappa shape index (κ1) is 12.3. The summed E-state index contributed by atoms with van der Waals surface area (Å²) >= 11 is 0. The molecule has 2 aromatic carbocycles. The summed E-state index contributed by atoms with van der Waals surface area (Å²) in [6.07, 6.45) is 0. The number of nitrogens with zero attached hydrogens (tertiary/aromatic N) is 2. The lowest BCUT2D eigenvalue weighted by atomic mass is 10.2. The van der Waals surface area contributed by atoms with E-state index in [9.17, 15) is 4.39 Å². The smallest absolute Gasteiger partial charge is 0.181 e. The largest absolute Gasteiger partial charge is 0.497 e. The van der Waals surface area contributed by atoms with Gasteiger partial charge in [0.2, 0.25) is 0 Å². The van der Waals surface area contributed by atoms with Gasteiger partial charge in [-0.2, -0.15) is 5.10 Å². The number of aromatic amines is 1. The van der Waals surface area contributed by atoms with Gasteiger partial charge in [0.05, 0.1) is 7.11 Å². The van der Waals surface area contributed by atoms with Gasteiger partial charge >= 0.3 is 0 Å². The molecule has 100 valence electrons. The minimum atomic E-state index is -0.277. The highest BCUT2D eigenvalue weighted by Gasteiger charge is 2.08. The van der Waals surface area contributed by atoms with E-state index >= 15 is 0 Å². The van der Waals surface area contributed by atoms with Crippen molar-refractivity contribution in [2.75, 3.05) is 7.11 Å². The van der Waals surface area contributed by atoms with Gasteiger partial charge in [0.15, 0.2) is 11.6 Å². The topological polar surface area (TPSA) is 50.8 Å². The third kappa shape index (κ3) is 2.38. The minimum absolute atomic E-state index is 0.277. The van der Waals surface area contributed by atoms with Crippen molar-refractivity contribution in [2.24, 2.45) is 0 Å². The lowest BCUT2D eigenvalue weighted by molar-refractivity contribution is 0.415. The van der Waals surface area contributed by atoms with Gasteiger partial charge in [-0.15, -0.1) is 0 Å². The maximum atomic E-state index is 12.9. The van der Waals surface area contributed by atoms with Crippen molar-refractivity contribution < 1.29 is 9.13 Å². The molecule has 1 N–H and O–H groups in total. The van der Waals surface area contributed by atoms with E-state index in [1.54, 1.807) is 19.2 Å². The van der Waals surface area contributed by atoms with Crippen LogP contribution in [0.5, 0.6) is 5.75 Å². The first-order valence-electron chi connectivity index (χ1n) is 6.09. The van der Waals surface area contributed by atoms with Crippen molar-refractivity contribution in [3.8, 4) is 28.5 Å². The van der Waals surface area contributed by atoms with Crippen molar-refractivity contribution in [1.29, 1.82) is 0 Å². The predicted octanol–water partition coefficient (Wildman–Crippen LogP) is 3.29. The Labute approximate surface area is 115 Å². The fourth-order valence-corrected chi connectivity index (χ4v) is 1.89. The minimum Gasteiger partial charge on any atom is -0.497 e. The average Bonchev–Trinajstić information content (AvgIpc) is 2.98. The molecule has 0 fully saturated rings. The lowest BCUT2D eigenvalue weighted by Gasteiger charge is -2.00. The number of rotatable bonds is 3. The van der Waals surface area contributed by atoms with Crippen LogP contribution in [0.2, 0.25) is 0 Å². The molecule has 20 heavy (non-hydrogen) atoms. The molecule has 3 aromatic rings. The first-order valence-corrected chi connectivity index (χ1v) is 6.09. The van der Waals surface area contributed by atoms with E-state index in [-0.39, 0.29) is 5.82 Å². The second-order valence-corrected chi connectivity index (χ2v) is 4.25. The Balaban J connectivity index is 1.95. The number of benzene rings is 2. The van der Waals surface area contributed by atoms with Gasteiger partial charge in [0.25, 0.3) is 0 Å². The summed E-state index contributed by atoms with van der Waals surface area (Å²) < 4.78 is 18.1. The number of hydrogen-bond donors (Lipinski definition) is 1. The number of halogens is 1. The SMILES string of the molecule is COc1cccc(-c2n[nH]c(-c3ccc(F)cc3)n2)c1. The van der Waals surface area contributed by atoms with E-state index in [1.807, 2.05) is 24.3 Å². The quantitative estimate of drug-likeness (QED) is 0.793. The van der Waals surface area contributed by atoms with Crippen LogP contribution < -0.4 is 4.74 Å². The molecule has 0 bridgehead atoms. The highest BCUT2D eigenvalue weighted by Crippen LogP contribution is 2.23. The summed E-state index contributed by atoms with van der Waals surface area (Å²) in [5.74, 6) is 1.64. The molecule has 0 amide bonds. The summed E-state index contributed by atoms with van der Waals surface area (Å²) in [6.45, 7) is 0. The van der Waals surface area contributed by atoms with Gasteiger partial charge in [-0.1, -0.05) is 12.1 Å². The van der Waals surface area contributed by atoms with Crippen molar-refractivity contribution in [3.63, 3.8) is 0 Å². The molecule has 4 nitrogen and oxygen atoms in total. The molecule has 0 atom stereocenters. The van der Waals surface area contributed by atoms with E-state index in [0.29, 0.717) is 11.6 Å². The Morgan fingerprint density at radius 1 is 1.05 bits per heavy atom. The van der Waals surface area contributed by atoms with E-state index in [1.165, 1.54) is 12.1 Å². The first-order chi connectivity index (χ1) is 9.76. The summed E-state index contributed by atoms with van der Waals surface area (Å²) in [7, 11) is 1.61. The van der Waals surface area contributed by atoms with Gasteiger partial charge in [-0.25, -0.2) is 9.37 Å². The maximum Gasteiger partial charge on any atom is 0.181 e. The standard InChI is InChI=1S/C15H12FN3O/c1-20-13-4-2-3-11(9-13)15-17-14(18-19-15)10-5-7-12(16)8-6-10/h2-9H,1H3,(H,17,18,19). The van der Waals surface area contributed by atoms with Gasteiger partial charge in [0, 0.05) is 11.1 Å². The van der Waals surface area contributed by atoms with E-state index in [0.717, 1.165) is 16.9 Å². The molecule has 0 aliphatic rings. The number of ether oxygens (including phenoxy) is 1. The molecule has 1 aromatic heterocycles. The number of hydrogen-bond acceptors (Lipinski definition) is 3. The molecule has 1 heterocycles. The van der Waals surface area contributed by atoms with Crippen LogP contribution in [0.25, 0.3) is 22.8 Å². The normalized spacial score (nSPS) is 10.5. The maximum absolute atomic E-state index is 12.9. The number of aromatic nitrogens is 3. The second kappa shape index (κ2) is 5.13. The molecule has 0 aliphatic heterocycles. The van der Waals surface area contributed by atoms with Crippen LogP contribution in [-0.4, -0.2) is 22.3 Å². The Kier molecular flexibility index (Phi) is 3.16. The molecule has 0 unspecified atom stereocenters. The van der Waals surface area contributed by atoms with Crippen LogP contribution in [-0.2, 0) is 0 Å². The number of methoxy groups -OCH3 is 1. The summed E-state index contributed by atoms with van der Waals surface area (Å²) in [5.41, 5.74) is 1.64. The molecule has 0 radical (unpaired) electrons. The van der Waals surface area contributed by atoms with Crippen molar-refractivity contribution >= 4 is 0 Å². The van der Waals surface area contributed by atoms with Crippen LogP contribution in [0.4, 0.5) is 4.39 Å². The third-order valence-corrected chi connectivity index (χ3v) is 2.93. The monoisotopic (exact) mass is 269 g/mol. The average molecular weight is 269 g/mol. The van der Waals surface area contributed by atoms with Crippen molar-refractivity contribution in [1.82, 2.24) is 15.2 Å². The van der Waals surface area contributed by atoms with E-state index in [4.69, 9.17) is 4.74 Å². The Bertz CT molecular complexity index is 722. The molecular weight excluding hydrogens is 257 g/mol. The van der Waals surface area contributed by atoms with E-state index < -0.39 is 0 Å². The van der Waals surface area contributed by atoms with Gasteiger partial charge in [0.1, 0.15) is 11.6 Å². The summed E-state index contributed by atoms with van der Waals surface area (Å²) in [5, 5.41) is 7.03. The van der Waals surface area contributed by atoms with Gasteiger partial charge in [-0.3, -0.25) is 5.10 Å². The fraction of sp³-hybridized carbons (Fsp3) is 0.0667. The van der Waals surface area contributed by atoms with Crippen LogP contribution in [0.3, 0.4) is 0 Å². The van der Waals surface area contributed by atoms with Gasteiger partial charge in [-0.05, 0) is 36.4 Å². The lowest BCUT2D eigenvalue weighted by Crippen LogP contribution is -1.85. The number of nitrogens with one attached hydrogen (secondary N) is 1. The Morgan fingerprint density at radius 2 is 1.85 bits per heavy atom. The molecule has 5 heteroatoms. The zero-order chi connectivity index (χ0) is 13.9. The second-order valence-electron chi connectivity index (χ2n) is 4.25. The Morgan fingerprint density at radius 3 is 2.60 bits per heavy atom. The molecule has 0 aliphatic carbocycles. The fourth-order valence-electron chi connectivity index (χ4n) is 1.89. The molecular formula is C15H12FN3O. The van der Waals surface area contributed by atoms with E-state index in [2.05, 4.69) is 15.2 Å². The zero-order valence-electron chi connectivity index (χ0n) is 10.8. The van der Waals surface area contributed by atoms with Gasteiger partial charge < -0.3 is 4.74 Å². The van der Waals surface area contributed by atoms with Crippen molar-refractivity contribution in [2.45, 2.75) is 0 Å². The summed E-state index contributed by atoms with van der Waals surface area (Å²) in [4.78, 5) is 4.41. The Hall–Kier alpha value is -2.69. The van der Waals surface area contributed by atoms with Crippen LogP contribution in [0.1, 0.15) is 0 Å². The zero-order valence-corrected chi connectivity index (χ0v) is 10.8. The van der Waals surface area contributed by atoms with Crippen LogP contribution in [0, 0.1) is 5.82 Å².